The number of halogens is 1. The third kappa shape index (κ3) is 5.29. The first-order valence-electron chi connectivity index (χ1n) is 8.77. The summed E-state index contributed by atoms with van der Waals surface area (Å²) in [7, 11) is -3.66. The van der Waals surface area contributed by atoms with Crippen molar-refractivity contribution in [2.75, 3.05) is 10.6 Å². The molecule has 0 radical (unpaired) electrons. The van der Waals surface area contributed by atoms with E-state index < -0.39 is 22.0 Å². The zero-order valence-corrected chi connectivity index (χ0v) is 16.8. The van der Waals surface area contributed by atoms with Crippen LogP contribution in [-0.4, -0.2) is 26.6 Å². The predicted octanol–water partition coefficient (Wildman–Crippen LogP) is 3.42. The molecule has 146 valence electrons. The average Bonchev–Trinajstić information content (AvgIpc) is 2.61. The molecule has 27 heavy (non-hydrogen) atoms. The number of carbonyl (C=O) groups is 1. The van der Waals surface area contributed by atoms with Crippen LogP contribution in [0.15, 0.2) is 48.5 Å². The summed E-state index contributed by atoms with van der Waals surface area (Å²) in [5.74, 6) is -0.791. The highest BCUT2D eigenvalue weighted by Gasteiger charge is 2.29. The van der Waals surface area contributed by atoms with Crippen molar-refractivity contribution in [3.63, 3.8) is 0 Å². The predicted molar refractivity (Wildman–Crippen MR) is 106 cm³/mol. The standard InChI is InChI=1S/C20H25FN2O3S/c1-5-16-6-12-19(13-7-16)23(27(4,25)26)15(3)20(24)22-14(2)17-8-10-18(21)11-9-17/h6-15H,5H2,1-4H3,(H,22,24)/t14-,15+/m0/s1. The van der Waals surface area contributed by atoms with Gasteiger partial charge in [-0.05, 0) is 55.7 Å². The molecule has 5 nitrogen and oxygen atoms in total. The Morgan fingerprint density at radius 2 is 1.63 bits per heavy atom. The van der Waals surface area contributed by atoms with Crippen LogP contribution in [0.4, 0.5) is 10.1 Å². The smallest absolute Gasteiger partial charge is 0.244 e. The SMILES string of the molecule is CCc1ccc(N([C@H](C)C(=O)N[C@@H](C)c2ccc(F)cc2)S(C)(=O)=O)cc1. The molecule has 0 spiro atoms. The molecule has 0 aliphatic rings. The van der Waals surface area contributed by atoms with E-state index in [1.165, 1.54) is 12.1 Å². The number of hydrogen-bond acceptors (Lipinski definition) is 3. The van der Waals surface area contributed by atoms with Crippen LogP contribution < -0.4 is 9.62 Å². The number of rotatable bonds is 7. The van der Waals surface area contributed by atoms with E-state index in [9.17, 15) is 17.6 Å². The Morgan fingerprint density at radius 1 is 1.07 bits per heavy atom. The summed E-state index contributed by atoms with van der Waals surface area (Å²) in [5, 5.41) is 2.79. The molecule has 0 saturated heterocycles. The van der Waals surface area contributed by atoms with Gasteiger partial charge in [-0.1, -0.05) is 31.2 Å². The molecule has 0 saturated carbocycles. The Balaban J connectivity index is 2.22. The number of carbonyl (C=O) groups excluding carboxylic acids is 1. The van der Waals surface area contributed by atoms with Crippen molar-refractivity contribution in [3.05, 3.63) is 65.5 Å². The van der Waals surface area contributed by atoms with Gasteiger partial charge in [0.1, 0.15) is 11.9 Å². The Hall–Kier alpha value is -2.41. The molecule has 0 unspecified atom stereocenters. The van der Waals surface area contributed by atoms with Crippen LogP contribution in [0, 0.1) is 5.82 Å². The van der Waals surface area contributed by atoms with E-state index in [-0.39, 0.29) is 11.9 Å². The lowest BCUT2D eigenvalue weighted by atomic mass is 10.1. The maximum absolute atomic E-state index is 13.1. The number of benzene rings is 2. The monoisotopic (exact) mass is 392 g/mol. The lowest BCUT2D eigenvalue weighted by molar-refractivity contribution is -0.122. The van der Waals surface area contributed by atoms with Gasteiger partial charge in [-0.25, -0.2) is 12.8 Å². The van der Waals surface area contributed by atoms with Crippen molar-refractivity contribution in [2.24, 2.45) is 0 Å². The summed E-state index contributed by atoms with van der Waals surface area (Å²) in [6.45, 7) is 5.32. The fourth-order valence-electron chi connectivity index (χ4n) is 2.86. The summed E-state index contributed by atoms with van der Waals surface area (Å²) in [6.07, 6.45) is 1.91. The number of sulfonamides is 1. The zero-order valence-electron chi connectivity index (χ0n) is 15.9. The zero-order chi connectivity index (χ0) is 20.2. The van der Waals surface area contributed by atoms with Crippen molar-refractivity contribution in [1.29, 1.82) is 0 Å². The van der Waals surface area contributed by atoms with Gasteiger partial charge in [-0.15, -0.1) is 0 Å². The Labute approximate surface area is 160 Å². The highest BCUT2D eigenvalue weighted by molar-refractivity contribution is 7.92. The van der Waals surface area contributed by atoms with Crippen molar-refractivity contribution in [1.82, 2.24) is 5.32 Å². The summed E-state index contributed by atoms with van der Waals surface area (Å²) < 4.78 is 38.8. The van der Waals surface area contributed by atoms with E-state index in [2.05, 4.69) is 5.32 Å². The van der Waals surface area contributed by atoms with Crippen LogP contribution in [0.5, 0.6) is 0 Å². The number of nitrogens with one attached hydrogen (secondary N) is 1. The minimum Gasteiger partial charge on any atom is -0.348 e. The van der Waals surface area contributed by atoms with Gasteiger partial charge >= 0.3 is 0 Å². The molecule has 0 aromatic heterocycles. The molecule has 1 N–H and O–H groups in total. The maximum atomic E-state index is 13.1. The molecule has 2 aromatic rings. The molecule has 0 bridgehead atoms. The van der Waals surface area contributed by atoms with Crippen LogP contribution in [-0.2, 0) is 21.2 Å². The van der Waals surface area contributed by atoms with Crippen molar-refractivity contribution < 1.29 is 17.6 Å². The molecule has 2 rings (SSSR count). The first-order valence-corrected chi connectivity index (χ1v) is 10.6. The van der Waals surface area contributed by atoms with Gasteiger partial charge in [0, 0.05) is 0 Å². The molecule has 2 aromatic carbocycles. The van der Waals surface area contributed by atoms with Gasteiger partial charge < -0.3 is 5.32 Å². The summed E-state index contributed by atoms with van der Waals surface area (Å²) >= 11 is 0. The molecule has 0 aliphatic carbocycles. The number of aryl methyl sites for hydroxylation is 1. The minimum absolute atomic E-state index is 0.357. The van der Waals surface area contributed by atoms with Gasteiger partial charge in [-0.2, -0.15) is 0 Å². The molecular formula is C20H25FN2O3S. The second-order valence-electron chi connectivity index (χ2n) is 6.54. The van der Waals surface area contributed by atoms with Crippen molar-refractivity contribution in [3.8, 4) is 0 Å². The largest absolute Gasteiger partial charge is 0.348 e. The van der Waals surface area contributed by atoms with E-state index >= 15 is 0 Å². The summed E-state index contributed by atoms with van der Waals surface area (Å²) in [4.78, 5) is 12.7. The van der Waals surface area contributed by atoms with Crippen molar-refractivity contribution >= 4 is 21.6 Å². The third-order valence-electron chi connectivity index (χ3n) is 4.42. The van der Waals surface area contributed by atoms with Gasteiger partial charge in [0.2, 0.25) is 15.9 Å². The van der Waals surface area contributed by atoms with E-state index in [1.807, 2.05) is 19.1 Å². The third-order valence-corrected chi connectivity index (χ3v) is 5.66. The molecule has 2 atom stereocenters. The summed E-state index contributed by atoms with van der Waals surface area (Å²) in [5.41, 5.74) is 2.25. The van der Waals surface area contributed by atoms with E-state index in [1.54, 1.807) is 38.1 Å². The van der Waals surface area contributed by atoms with Crippen LogP contribution >= 0.6 is 0 Å². The Kier molecular flexibility index (Phi) is 6.59. The van der Waals surface area contributed by atoms with E-state index in [0.717, 1.165) is 28.1 Å². The minimum atomic E-state index is -3.66. The Bertz CT molecular complexity index is 880. The number of nitrogens with zero attached hydrogens (tertiary/aromatic N) is 1. The first-order chi connectivity index (χ1) is 12.6. The number of anilines is 1. The van der Waals surface area contributed by atoms with Crippen LogP contribution in [0.25, 0.3) is 0 Å². The highest BCUT2D eigenvalue weighted by atomic mass is 32.2. The normalized spacial score (nSPS) is 13.7. The lowest BCUT2D eigenvalue weighted by Gasteiger charge is -2.29. The molecule has 0 aliphatic heterocycles. The van der Waals surface area contributed by atoms with E-state index in [4.69, 9.17) is 0 Å². The average molecular weight is 392 g/mol. The lowest BCUT2D eigenvalue weighted by Crippen LogP contribution is -2.48. The molecule has 0 fully saturated rings. The number of amides is 1. The van der Waals surface area contributed by atoms with Gasteiger partial charge in [0.25, 0.3) is 0 Å². The van der Waals surface area contributed by atoms with Crippen LogP contribution in [0.2, 0.25) is 0 Å². The molecule has 1 amide bonds. The van der Waals surface area contributed by atoms with Crippen molar-refractivity contribution in [2.45, 2.75) is 39.3 Å². The molecule has 7 heteroatoms. The second kappa shape index (κ2) is 8.52. The van der Waals surface area contributed by atoms with Gasteiger partial charge in [0.05, 0.1) is 18.0 Å². The molecular weight excluding hydrogens is 367 g/mol. The summed E-state index contributed by atoms with van der Waals surface area (Å²) in [6, 6.07) is 11.6. The topological polar surface area (TPSA) is 66.5 Å². The first kappa shape index (κ1) is 20.9. The van der Waals surface area contributed by atoms with Gasteiger partial charge in [0.15, 0.2) is 0 Å². The second-order valence-corrected chi connectivity index (χ2v) is 8.40. The Morgan fingerprint density at radius 3 is 2.11 bits per heavy atom. The van der Waals surface area contributed by atoms with Crippen LogP contribution in [0.1, 0.15) is 37.9 Å². The number of hydrogen-bond donors (Lipinski definition) is 1. The maximum Gasteiger partial charge on any atom is 0.244 e. The fraction of sp³-hybridized carbons (Fsp3) is 0.350. The van der Waals surface area contributed by atoms with E-state index in [0.29, 0.717) is 5.69 Å². The van der Waals surface area contributed by atoms with Crippen LogP contribution in [0.3, 0.4) is 0 Å². The highest BCUT2D eigenvalue weighted by Crippen LogP contribution is 2.22. The fourth-order valence-corrected chi connectivity index (χ4v) is 4.03. The molecule has 0 heterocycles. The quantitative estimate of drug-likeness (QED) is 0.785. The van der Waals surface area contributed by atoms with Gasteiger partial charge in [-0.3, -0.25) is 9.10 Å².